The van der Waals surface area contributed by atoms with Crippen molar-refractivity contribution in [2.75, 3.05) is 18.4 Å². The van der Waals surface area contributed by atoms with E-state index in [0.29, 0.717) is 30.0 Å². The highest BCUT2D eigenvalue weighted by Crippen LogP contribution is 2.31. The first kappa shape index (κ1) is 29.7. The Hall–Kier alpha value is -2.28. The minimum Gasteiger partial charge on any atom is -0.490 e. The Bertz CT molecular complexity index is 1030. The van der Waals surface area contributed by atoms with Crippen LogP contribution in [0.1, 0.15) is 84.1 Å². The van der Waals surface area contributed by atoms with Crippen LogP contribution >= 0.6 is 11.6 Å². The lowest BCUT2D eigenvalue weighted by Crippen LogP contribution is -2.42. The van der Waals surface area contributed by atoms with Crippen LogP contribution in [0.15, 0.2) is 48.5 Å². The highest BCUT2D eigenvalue weighted by molar-refractivity contribution is 6.30. The van der Waals surface area contributed by atoms with E-state index in [1.807, 2.05) is 55.1 Å². The third-order valence-electron chi connectivity index (χ3n) is 7.87. The summed E-state index contributed by atoms with van der Waals surface area (Å²) in [5.74, 6) is 1.96. The van der Waals surface area contributed by atoms with Crippen LogP contribution in [-0.2, 0) is 0 Å². The van der Waals surface area contributed by atoms with Crippen molar-refractivity contribution >= 4 is 23.3 Å². The fourth-order valence-electron chi connectivity index (χ4n) is 6.26. The zero-order valence-electron chi connectivity index (χ0n) is 24.0. The van der Waals surface area contributed by atoms with Gasteiger partial charge in [0, 0.05) is 35.9 Å². The molecule has 3 aliphatic rings. The number of hydrogen-bond donors (Lipinski definition) is 3. The molecule has 0 radical (unpaired) electrons. The smallest absolute Gasteiger partial charge is 0.321 e. The predicted molar refractivity (Wildman–Crippen MR) is 160 cm³/mol. The van der Waals surface area contributed by atoms with Crippen molar-refractivity contribution < 1.29 is 14.6 Å². The number of piperidine rings is 2. The van der Waals surface area contributed by atoms with Crippen LogP contribution in [0.3, 0.4) is 0 Å². The van der Waals surface area contributed by atoms with Gasteiger partial charge in [-0.25, -0.2) is 4.79 Å². The molecule has 2 aromatic carbocycles. The van der Waals surface area contributed by atoms with Gasteiger partial charge in [0.25, 0.3) is 0 Å². The largest absolute Gasteiger partial charge is 0.490 e. The number of fused-ring (bicyclic) bond motifs is 2. The molecule has 7 heteroatoms. The van der Waals surface area contributed by atoms with Crippen molar-refractivity contribution in [1.82, 2.24) is 10.2 Å². The summed E-state index contributed by atoms with van der Waals surface area (Å²) in [6.07, 6.45) is 7.83. The van der Waals surface area contributed by atoms with E-state index in [-0.39, 0.29) is 6.03 Å². The highest BCUT2D eigenvalue weighted by atomic mass is 35.5. The van der Waals surface area contributed by atoms with Crippen LogP contribution in [0.4, 0.5) is 10.5 Å². The quantitative estimate of drug-likeness (QED) is 0.352. The van der Waals surface area contributed by atoms with E-state index < -0.39 is 5.60 Å². The number of anilines is 1. The molecule has 3 aliphatic heterocycles. The number of urea groups is 1. The summed E-state index contributed by atoms with van der Waals surface area (Å²) in [6.45, 7) is 9.42. The molecule has 3 atom stereocenters. The van der Waals surface area contributed by atoms with E-state index in [0.717, 1.165) is 61.7 Å². The van der Waals surface area contributed by atoms with Gasteiger partial charge in [0.05, 0.1) is 5.60 Å². The van der Waals surface area contributed by atoms with Crippen molar-refractivity contribution in [1.29, 1.82) is 0 Å². The maximum absolute atomic E-state index is 12.7. The molecule has 2 aromatic rings. The van der Waals surface area contributed by atoms with Crippen molar-refractivity contribution in [2.24, 2.45) is 5.92 Å². The molecule has 39 heavy (non-hydrogen) atoms. The van der Waals surface area contributed by atoms with Gasteiger partial charge < -0.3 is 25.4 Å². The summed E-state index contributed by atoms with van der Waals surface area (Å²) in [7, 11) is 0. The normalized spacial score (nSPS) is 23.3. The van der Waals surface area contributed by atoms with Gasteiger partial charge in [-0.15, -0.1) is 0 Å². The van der Waals surface area contributed by atoms with Crippen molar-refractivity contribution in [3.8, 4) is 5.75 Å². The number of rotatable bonds is 6. The second-order valence-electron chi connectivity index (χ2n) is 12.5. The molecular weight excluding hydrogens is 510 g/mol. The van der Waals surface area contributed by atoms with E-state index in [4.69, 9.17) is 16.3 Å². The first-order chi connectivity index (χ1) is 18.5. The van der Waals surface area contributed by atoms with E-state index in [1.54, 1.807) is 0 Å². The molecule has 0 saturated carbocycles. The van der Waals surface area contributed by atoms with Gasteiger partial charge in [-0.1, -0.05) is 37.6 Å². The summed E-state index contributed by atoms with van der Waals surface area (Å²) in [5.41, 5.74) is 1.64. The number of nitrogens with zero attached hydrogens (tertiary/aromatic N) is 1. The standard InChI is InChI=1S/C25H30ClN3O2.C7H16O/c26-19-3-1-17(2-4-19)18-11-13-29(14-12-18)25(30)28-20-7-9-23(10-8-20)31-24-15-21-5-6-22(16-24)27-21;1-6(2)5-7(3,4)8/h1-4,7-10,18,21-22,24,27H,5-6,11-16H2,(H,28,30);6,8H,5H2,1-4H3/t21-,22+,24?;. The topological polar surface area (TPSA) is 73.8 Å². The molecule has 2 amide bonds. The van der Waals surface area contributed by atoms with Gasteiger partial charge in [0.15, 0.2) is 0 Å². The van der Waals surface area contributed by atoms with Gasteiger partial charge in [-0.2, -0.15) is 0 Å². The Morgan fingerprint density at radius 2 is 1.62 bits per heavy atom. The molecular formula is C32H46ClN3O3. The minimum atomic E-state index is -0.478. The molecule has 3 heterocycles. The lowest BCUT2D eigenvalue weighted by atomic mass is 9.89. The van der Waals surface area contributed by atoms with Crippen molar-refractivity contribution in [3.63, 3.8) is 0 Å². The SMILES string of the molecule is CC(C)CC(C)(C)O.O=C(Nc1ccc(OC2C[C@H]3CC[C@@H](C2)N3)cc1)N1CCC(c2ccc(Cl)cc2)CC1. The molecule has 1 unspecified atom stereocenters. The monoisotopic (exact) mass is 555 g/mol. The predicted octanol–water partition coefficient (Wildman–Crippen LogP) is 7.22. The molecule has 214 valence electrons. The number of carbonyl (C=O) groups is 1. The number of hydrogen-bond acceptors (Lipinski definition) is 4. The van der Waals surface area contributed by atoms with Crippen molar-refractivity contribution in [3.05, 3.63) is 59.1 Å². The first-order valence-corrected chi connectivity index (χ1v) is 15.0. The Labute approximate surface area is 239 Å². The molecule has 0 aromatic heterocycles. The van der Waals surface area contributed by atoms with Crippen molar-refractivity contribution in [2.45, 2.75) is 102 Å². The Balaban J connectivity index is 0.000000386. The van der Waals surface area contributed by atoms with Crippen LogP contribution < -0.4 is 15.4 Å². The van der Waals surface area contributed by atoms with Gasteiger partial charge in [0.1, 0.15) is 11.9 Å². The molecule has 6 nitrogen and oxygen atoms in total. The summed E-state index contributed by atoms with van der Waals surface area (Å²) < 4.78 is 6.20. The first-order valence-electron chi connectivity index (χ1n) is 14.6. The van der Waals surface area contributed by atoms with Crippen LogP contribution in [0.2, 0.25) is 5.02 Å². The molecule has 3 N–H and O–H groups in total. The van der Waals surface area contributed by atoms with Crippen LogP contribution in [-0.4, -0.2) is 52.9 Å². The molecule has 3 saturated heterocycles. The maximum atomic E-state index is 12.7. The Morgan fingerprint density at radius 3 is 2.13 bits per heavy atom. The molecule has 0 spiro atoms. The summed E-state index contributed by atoms with van der Waals surface area (Å²) >= 11 is 5.99. The third kappa shape index (κ3) is 9.40. The van der Waals surface area contributed by atoms with Crippen LogP contribution in [0.25, 0.3) is 0 Å². The third-order valence-corrected chi connectivity index (χ3v) is 8.12. The van der Waals surface area contributed by atoms with Gasteiger partial charge in [0.2, 0.25) is 0 Å². The van der Waals surface area contributed by atoms with Crippen LogP contribution in [0, 0.1) is 5.92 Å². The fraction of sp³-hybridized carbons (Fsp3) is 0.594. The molecule has 0 aliphatic carbocycles. The van der Waals surface area contributed by atoms with E-state index in [9.17, 15) is 9.90 Å². The minimum absolute atomic E-state index is 0.0295. The van der Waals surface area contributed by atoms with Gasteiger partial charge in [-0.3, -0.25) is 0 Å². The van der Waals surface area contributed by atoms with E-state index in [1.165, 1.54) is 18.4 Å². The second kappa shape index (κ2) is 13.4. The number of ether oxygens (including phenoxy) is 1. The molecule has 2 bridgehead atoms. The number of aliphatic hydroxyl groups is 1. The lowest BCUT2D eigenvalue weighted by molar-refractivity contribution is 0.0578. The van der Waals surface area contributed by atoms with Gasteiger partial charge in [-0.05, 0) is 113 Å². The summed E-state index contributed by atoms with van der Waals surface area (Å²) in [4.78, 5) is 14.6. The zero-order chi connectivity index (χ0) is 28.0. The summed E-state index contributed by atoms with van der Waals surface area (Å²) in [5, 5.41) is 16.6. The van der Waals surface area contributed by atoms with E-state index >= 15 is 0 Å². The molecule has 3 fully saturated rings. The average Bonchev–Trinajstić information content (AvgIpc) is 3.22. The fourth-order valence-corrected chi connectivity index (χ4v) is 6.39. The zero-order valence-corrected chi connectivity index (χ0v) is 24.7. The van der Waals surface area contributed by atoms with Gasteiger partial charge >= 0.3 is 6.03 Å². The number of likely N-dealkylation sites (tertiary alicyclic amines) is 1. The Kier molecular flexibility index (Phi) is 10.2. The Morgan fingerprint density at radius 1 is 1.03 bits per heavy atom. The number of halogens is 1. The van der Waals surface area contributed by atoms with Crippen LogP contribution in [0.5, 0.6) is 5.75 Å². The maximum Gasteiger partial charge on any atom is 0.321 e. The summed E-state index contributed by atoms with van der Waals surface area (Å²) in [6, 6.07) is 17.1. The lowest BCUT2D eigenvalue weighted by Gasteiger charge is -2.32. The number of amides is 2. The highest BCUT2D eigenvalue weighted by Gasteiger charge is 2.34. The number of nitrogens with one attached hydrogen (secondary N) is 2. The average molecular weight is 556 g/mol. The van der Waals surface area contributed by atoms with E-state index in [2.05, 4.69) is 36.6 Å². The number of carbonyl (C=O) groups excluding carboxylic acids is 1. The number of benzene rings is 2. The second-order valence-corrected chi connectivity index (χ2v) is 13.0. The molecule has 5 rings (SSSR count).